The van der Waals surface area contributed by atoms with Crippen molar-refractivity contribution < 1.29 is 48.0 Å². The average molecular weight is 795 g/mol. The summed E-state index contributed by atoms with van der Waals surface area (Å²) in [4.78, 5) is 35.0. The minimum Gasteiger partial charge on any atom is -0.310 e. The molecule has 0 aliphatic carbocycles. The molecule has 284 valence electrons. The van der Waals surface area contributed by atoms with Gasteiger partial charge in [0.2, 0.25) is 0 Å². The molecular weight excluding hydrogens is 767 g/mol. The first kappa shape index (κ1) is 39.6. The van der Waals surface area contributed by atoms with Gasteiger partial charge in [0.05, 0.1) is 38.1 Å². The number of aryl methyl sites for hydroxylation is 2. The van der Waals surface area contributed by atoms with Crippen molar-refractivity contribution in [1.29, 1.82) is 0 Å². The van der Waals surface area contributed by atoms with Crippen LogP contribution in [0.4, 0.5) is 26.3 Å². The molecule has 0 amide bonds. The number of pyridine rings is 4. The second-order valence-electron chi connectivity index (χ2n) is 11.4. The van der Waals surface area contributed by atoms with Gasteiger partial charge in [-0.15, -0.1) is 0 Å². The molecule has 6 rings (SSSR count). The molecule has 6 heterocycles. The molecule has 13 nitrogen and oxygen atoms in total. The molecule has 0 spiro atoms. The van der Waals surface area contributed by atoms with Crippen LogP contribution < -0.4 is 0 Å². The number of alkyl halides is 6. The lowest BCUT2D eigenvalue weighted by molar-refractivity contribution is -0.138. The summed E-state index contributed by atoms with van der Waals surface area (Å²) in [6.45, 7) is 6.54. The first-order valence-corrected chi connectivity index (χ1v) is 18.8. The number of fused-ring (bicyclic) bond motifs is 2. The second kappa shape index (κ2) is 14.3. The fourth-order valence-corrected chi connectivity index (χ4v) is 7.16. The Bertz CT molecular complexity index is 2490. The zero-order valence-corrected chi connectivity index (χ0v) is 30.2. The maximum atomic E-state index is 12.9. The van der Waals surface area contributed by atoms with Crippen LogP contribution in [0, 0.1) is 0 Å². The van der Waals surface area contributed by atoms with Crippen molar-refractivity contribution in [3.63, 3.8) is 0 Å². The maximum Gasteiger partial charge on any atom is 0.417 e. The minimum atomic E-state index is -4.59. The molecule has 6 aromatic heterocycles. The van der Waals surface area contributed by atoms with Gasteiger partial charge < -0.3 is 9.13 Å². The number of hydrogen-bond donors (Lipinski definition) is 0. The fraction of sp³-hybridized carbons (Fsp3) is 0.242. The van der Waals surface area contributed by atoms with E-state index in [-0.39, 0.29) is 72.4 Å². The van der Waals surface area contributed by atoms with Crippen LogP contribution in [0.5, 0.6) is 0 Å². The zero-order valence-electron chi connectivity index (χ0n) is 28.6. The van der Waals surface area contributed by atoms with Crippen molar-refractivity contribution in [2.24, 2.45) is 14.1 Å². The zero-order chi connectivity index (χ0) is 40.0. The number of nitrogens with zero attached hydrogens (tertiary/aromatic N) is 8. The molecule has 0 aliphatic rings. The van der Waals surface area contributed by atoms with Crippen LogP contribution in [-0.4, -0.2) is 73.7 Å². The molecule has 0 bridgehead atoms. The van der Waals surface area contributed by atoms with Gasteiger partial charge in [-0.3, -0.25) is 4.79 Å². The van der Waals surface area contributed by atoms with Gasteiger partial charge in [-0.1, -0.05) is 20.4 Å². The van der Waals surface area contributed by atoms with E-state index in [0.29, 0.717) is 24.4 Å². The predicted octanol–water partition coefficient (Wildman–Crippen LogP) is 6.14. The van der Waals surface area contributed by atoms with E-state index in [2.05, 4.69) is 36.5 Å². The van der Waals surface area contributed by atoms with Crippen LogP contribution in [0.25, 0.3) is 51.4 Å². The molecule has 0 saturated heterocycles. The standard InChI is InChI=1S/C17H15F3N4O2S.C16H13F3N4O3S/c1-4-11-6-7-13(27(25,26)5-2)14(22-11)16-23-12-8-10(17(18,19)20)9-21-15(12)24(16)3;1-3-27(25,26)12-5-4-10(8-24)21-13(12)15-22-11-6-9(16(17,18)19)7-20-14(11)23(15)2/h4,6-9H,1,5H2,2-3H3;4-8H,3H2,1-2H3. The Labute approximate surface area is 303 Å². The highest BCUT2D eigenvalue weighted by molar-refractivity contribution is 7.91. The second-order valence-corrected chi connectivity index (χ2v) is 15.9. The van der Waals surface area contributed by atoms with Gasteiger partial charge in [0.1, 0.15) is 28.1 Å². The number of imidazole rings is 2. The van der Waals surface area contributed by atoms with E-state index >= 15 is 0 Å². The lowest BCUT2D eigenvalue weighted by Gasteiger charge is -2.09. The summed E-state index contributed by atoms with van der Waals surface area (Å²) in [5, 5.41) is 0. The number of halogens is 6. The molecule has 0 fully saturated rings. The molecule has 0 atom stereocenters. The third kappa shape index (κ3) is 7.58. The molecule has 6 aromatic rings. The monoisotopic (exact) mass is 794 g/mol. The molecule has 0 unspecified atom stereocenters. The van der Waals surface area contributed by atoms with Gasteiger partial charge in [-0.25, -0.2) is 46.7 Å². The molecule has 54 heavy (non-hydrogen) atoms. The van der Waals surface area contributed by atoms with Crippen molar-refractivity contribution in [2.45, 2.75) is 36.0 Å². The summed E-state index contributed by atoms with van der Waals surface area (Å²) in [7, 11) is -4.35. The summed E-state index contributed by atoms with van der Waals surface area (Å²) >= 11 is 0. The van der Waals surface area contributed by atoms with Gasteiger partial charge in [0, 0.05) is 26.5 Å². The number of carbonyl (C=O) groups excluding carboxylic acids is 1. The minimum absolute atomic E-state index is 0.00650. The number of rotatable bonds is 8. The Morgan fingerprint density at radius 2 is 1.06 bits per heavy atom. The van der Waals surface area contributed by atoms with Crippen LogP contribution in [0.1, 0.15) is 41.2 Å². The predicted molar refractivity (Wildman–Crippen MR) is 184 cm³/mol. The molecule has 0 saturated carbocycles. The van der Waals surface area contributed by atoms with Gasteiger partial charge in [0.15, 0.2) is 48.9 Å². The SMILES string of the molecule is C=Cc1ccc(S(=O)(=O)CC)c(-c2nc3cc(C(F)(F)F)cnc3n2C)n1.CCS(=O)(=O)c1ccc(C=O)nc1-c1nc2cc(C(F)(F)F)cnc2n1C. The number of sulfone groups is 2. The number of aldehydes is 1. The molecule has 0 aromatic carbocycles. The highest BCUT2D eigenvalue weighted by Gasteiger charge is 2.33. The van der Waals surface area contributed by atoms with Gasteiger partial charge in [0.25, 0.3) is 0 Å². The average Bonchev–Trinajstić information content (AvgIpc) is 3.65. The highest BCUT2D eigenvalue weighted by Crippen LogP contribution is 2.34. The van der Waals surface area contributed by atoms with Crippen LogP contribution in [0.15, 0.2) is 65.2 Å². The van der Waals surface area contributed by atoms with E-state index in [1.165, 1.54) is 67.4 Å². The molecule has 0 radical (unpaired) electrons. The summed E-state index contributed by atoms with van der Waals surface area (Å²) in [5.41, 5.74) is -1.37. The van der Waals surface area contributed by atoms with Crippen molar-refractivity contribution in [2.75, 3.05) is 11.5 Å². The Morgan fingerprint density at radius 3 is 1.41 bits per heavy atom. The summed E-state index contributed by atoms with van der Waals surface area (Å²) in [6, 6.07) is 7.08. The number of carbonyl (C=O) groups is 1. The number of hydrogen-bond acceptors (Lipinski definition) is 11. The molecule has 21 heteroatoms. The van der Waals surface area contributed by atoms with Crippen molar-refractivity contribution in [3.05, 3.63) is 77.9 Å². The van der Waals surface area contributed by atoms with E-state index < -0.39 is 43.2 Å². The summed E-state index contributed by atoms with van der Waals surface area (Å²) in [6.07, 6.45) is -5.89. The Hall–Kier alpha value is -5.57. The Balaban J connectivity index is 0.000000208. The Morgan fingerprint density at radius 1 is 0.667 bits per heavy atom. The van der Waals surface area contributed by atoms with Crippen LogP contribution >= 0.6 is 0 Å². The molecule has 0 N–H and O–H groups in total. The van der Waals surface area contributed by atoms with Gasteiger partial charge in [-0.2, -0.15) is 26.3 Å². The summed E-state index contributed by atoms with van der Waals surface area (Å²) < 4.78 is 130. The largest absolute Gasteiger partial charge is 0.417 e. The lowest BCUT2D eigenvalue weighted by Crippen LogP contribution is -2.09. The maximum absolute atomic E-state index is 12.9. The fourth-order valence-electron chi connectivity index (χ4n) is 5.12. The normalized spacial score (nSPS) is 12.5. The van der Waals surface area contributed by atoms with E-state index in [0.717, 1.165) is 12.1 Å². The van der Waals surface area contributed by atoms with Gasteiger partial charge in [-0.05, 0) is 42.5 Å². The smallest absolute Gasteiger partial charge is 0.310 e. The van der Waals surface area contributed by atoms with E-state index in [1.807, 2.05) is 0 Å². The quantitative estimate of drug-likeness (QED) is 0.128. The van der Waals surface area contributed by atoms with Crippen LogP contribution in [0.2, 0.25) is 0 Å². The molecular formula is C33H28F6N8O5S2. The third-order valence-corrected chi connectivity index (χ3v) is 11.5. The van der Waals surface area contributed by atoms with E-state index in [9.17, 15) is 48.0 Å². The molecule has 0 aliphatic heterocycles. The Kier molecular flexibility index (Phi) is 10.5. The van der Waals surface area contributed by atoms with Crippen LogP contribution in [-0.2, 0) is 46.1 Å². The van der Waals surface area contributed by atoms with E-state index in [4.69, 9.17) is 0 Å². The van der Waals surface area contributed by atoms with Crippen molar-refractivity contribution >= 4 is 54.4 Å². The van der Waals surface area contributed by atoms with Crippen molar-refractivity contribution in [3.8, 4) is 23.0 Å². The first-order valence-electron chi connectivity index (χ1n) is 15.5. The van der Waals surface area contributed by atoms with E-state index in [1.54, 1.807) is 0 Å². The lowest BCUT2D eigenvalue weighted by atomic mass is 10.2. The number of aromatic nitrogens is 8. The van der Waals surface area contributed by atoms with Crippen LogP contribution in [0.3, 0.4) is 0 Å². The first-order chi connectivity index (χ1) is 25.2. The third-order valence-electron chi connectivity index (χ3n) is 8.02. The highest BCUT2D eigenvalue weighted by atomic mass is 32.2. The van der Waals surface area contributed by atoms with Crippen molar-refractivity contribution in [1.82, 2.24) is 39.0 Å². The topological polar surface area (TPSA) is 173 Å². The summed E-state index contributed by atoms with van der Waals surface area (Å²) in [5.74, 6) is -0.280. The van der Waals surface area contributed by atoms with Gasteiger partial charge >= 0.3 is 12.4 Å².